The predicted octanol–water partition coefficient (Wildman–Crippen LogP) is 3.92. The van der Waals surface area contributed by atoms with Gasteiger partial charge in [-0.1, -0.05) is 31.5 Å². The number of pyridine rings is 1. The highest BCUT2D eigenvalue weighted by molar-refractivity contribution is 7.89. The molecule has 1 aliphatic heterocycles. The summed E-state index contributed by atoms with van der Waals surface area (Å²) in [6.45, 7) is 6.76. The molecule has 3 aromatic rings. The summed E-state index contributed by atoms with van der Waals surface area (Å²) in [6, 6.07) is 7.32. The van der Waals surface area contributed by atoms with E-state index in [0.717, 1.165) is 6.42 Å². The van der Waals surface area contributed by atoms with Gasteiger partial charge in [-0.2, -0.15) is 4.31 Å². The van der Waals surface area contributed by atoms with E-state index in [1.807, 2.05) is 13.8 Å². The number of H-pyrrole nitrogens is 1. The molecule has 10 heteroatoms. The molecule has 1 N–H and O–H groups in total. The lowest BCUT2D eigenvalue weighted by atomic mass is 9.94. The molecular weight excluding hydrogens is 467 g/mol. The Kier molecular flexibility index (Phi) is 6.48. The molecule has 176 valence electrons. The van der Waals surface area contributed by atoms with Crippen LogP contribution in [0.5, 0.6) is 0 Å². The van der Waals surface area contributed by atoms with E-state index in [-0.39, 0.29) is 39.6 Å². The molecule has 0 unspecified atom stereocenters. The number of benzene rings is 1. The van der Waals surface area contributed by atoms with E-state index in [2.05, 4.69) is 10.1 Å². The monoisotopic (exact) mass is 492 g/mol. The van der Waals surface area contributed by atoms with Crippen LogP contribution in [0.2, 0.25) is 5.02 Å². The lowest BCUT2D eigenvalue weighted by Gasteiger charge is -2.33. The molecule has 0 saturated carbocycles. The van der Waals surface area contributed by atoms with Crippen molar-refractivity contribution in [1.29, 1.82) is 0 Å². The van der Waals surface area contributed by atoms with Crippen molar-refractivity contribution in [2.75, 3.05) is 13.1 Å². The Balaban J connectivity index is 1.62. The van der Waals surface area contributed by atoms with Crippen molar-refractivity contribution >= 4 is 21.6 Å². The van der Waals surface area contributed by atoms with E-state index in [1.165, 1.54) is 39.4 Å². The van der Waals surface area contributed by atoms with Crippen LogP contribution in [0, 0.1) is 24.6 Å². The van der Waals surface area contributed by atoms with Crippen molar-refractivity contribution in [3.8, 4) is 5.82 Å². The molecule has 0 bridgehead atoms. The molecule has 2 aromatic heterocycles. The zero-order valence-corrected chi connectivity index (χ0v) is 20.3. The minimum atomic E-state index is -3.67. The van der Waals surface area contributed by atoms with Crippen molar-refractivity contribution in [3.63, 3.8) is 0 Å². The number of nitrogens with zero attached hydrogens (tertiary/aromatic N) is 3. The first-order chi connectivity index (χ1) is 15.6. The predicted molar refractivity (Wildman–Crippen MR) is 125 cm³/mol. The van der Waals surface area contributed by atoms with Gasteiger partial charge in [0.05, 0.1) is 0 Å². The number of aryl methyl sites for hydroxylation is 1. The van der Waals surface area contributed by atoms with E-state index in [9.17, 15) is 17.6 Å². The number of aromatic nitrogens is 3. The van der Waals surface area contributed by atoms with Gasteiger partial charge in [-0.3, -0.25) is 9.89 Å². The highest BCUT2D eigenvalue weighted by Gasteiger charge is 2.32. The number of hydrogen-bond acceptors (Lipinski definition) is 4. The smallest absolute Gasteiger partial charge is 0.276 e. The Hall–Kier alpha value is -2.49. The second-order valence-electron chi connectivity index (χ2n) is 8.85. The van der Waals surface area contributed by atoms with Gasteiger partial charge >= 0.3 is 0 Å². The van der Waals surface area contributed by atoms with Crippen molar-refractivity contribution in [2.24, 2.45) is 11.8 Å². The summed E-state index contributed by atoms with van der Waals surface area (Å²) >= 11 is 6.12. The van der Waals surface area contributed by atoms with Crippen LogP contribution in [0.3, 0.4) is 0 Å². The van der Waals surface area contributed by atoms with E-state index >= 15 is 0 Å². The minimum Gasteiger partial charge on any atom is -0.294 e. The maximum Gasteiger partial charge on any atom is 0.276 e. The maximum absolute atomic E-state index is 14.2. The van der Waals surface area contributed by atoms with E-state index in [4.69, 9.17) is 11.6 Å². The SMILES string of the molecule is Cc1[nH]n(-c2ccc(S(=O)(=O)N3C[C@H](C)C[C@H](C)C3)cn2)c(=O)c1Cc1c(F)cccc1Cl. The summed E-state index contributed by atoms with van der Waals surface area (Å²) in [5, 5.41) is 3.18. The average molecular weight is 493 g/mol. The second kappa shape index (κ2) is 9.04. The molecule has 2 atom stereocenters. The summed E-state index contributed by atoms with van der Waals surface area (Å²) in [4.78, 5) is 17.3. The molecule has 0 radical (unpaired) electrons. The minimum absolute atomic E-state index is 0.0253. The van der Waals surface area contributed by atoms with Gasteiger partial charge in [0.2, 0.25) is 10.0 Å². The molecule has 1 aliphatic rings. The summed E-state index contributed by atoms with van der Waals surface area (Å²) in [7, 11) is -3.67. The van der Waals surface area contributed by atoms with Gasteiger partial charge in [0.25, 0.3) is 5.56 Å². The first-order valence-corrected chi connectivity index (χ1v) is 12.6. The van der Waals surface area contributed by atoms with Crippen LogP contribution < -0.4 is 5.56 Å². The molecule has 1 saturated heterocycles. The standard InChI is InChI=1S/C23H26ClFN4O3S/c1-14-9-15(2)13-28(12-14)33(31,32)17-7-8-22(26-11-17)29-23(30)18(16(3)27-29)10-19-20(24)5-4-6-21(19)25/h4-8,11,14-15,27H,9-10,12-13H2,1-3H3/t14-,15+. The Morgan fingerprint density at radius 3 is 2.45 bits per heavy atom. The summed E-state index contributed by atoms with van der Waals surface area (Å²) in [6.07, 6.45) is 2.29. The molecule has 4 rings (SSSR count). The average Bonchev–Trinajstić information content (AvgIpc) is 3.04. The Morgan fingerprint density at radius 2 is 1.85 bits per heavy atom. The lowest BCUT2D eigenvalue weighted by Crippen LogP contribution is -2.42. The van der Waals surface area contributed by atoms with Gasteiger partial charge in [0, 0.05) is 47.6 Å². The number of halogens is 2. The number of hydrogen-bond donors (Lipinski definition) is 1. The Bertz CT molecular complexity index is 1300. The molecule has 0 spiro atoms. The van der Waals surface area contributed by atoms with Crippen LogP contribution in [0.15, 0.2) is 46.2 Å². The molecule has 1 aromatic carbocycles. The first-order valence-electron chi connectivity index (χ1n) is 10.8. The van der Waals surface area contributed by atoms with Crippen LogP contribution in [0.25, 0.3) is 5.82 Å². The van der Waals surface area contributed by atoms with Crippen LogP contribution >= 0.6 is 11.6 Å². The fourth-order valence-electron chi connectivity index (χ4n) is 4.44. The van der Waals surface area contributed by atoms with Crippen molar-refractivity contribution in [3.05, 3.63) is 74.5 Å². The number of rotatable bonds is 5. The summed E-state index contributed by atoms with van der Waals surface area (Å²) in [5.41, 5.74) is 0.754. The summed E-state index contributed by atoms with van der Waals surface area (Å²) in [5.74, 6) is 0.339. The molecule has 33 heavy (non-hydrogen) atoms. The van der Waals surface area contributed by atoms with Crippen molar-refractivity contribution in [2.45, 2.75) is 38.5 Å². The van der Waals surface area contributed by atoms with Gasteiger partial charge in [-0.15, -0.1) is 0 Å². The largest absolute Gasteiger partial charge is 0.294 e. The van der Waals surface area contributed by atoms with Gasteiger partial charge in [-0.05, 0) is 49.4 Å². The maximum atomic E-state index is 14.2. The van der Waals surface area contributed by atoms with E-state index in [0.29, 0.717) is 24.3 Å². The van der Waals surface area contributed by atoms with E-state index in [1.54, 1.807) is 13.0 Å². The fraction of sp³-hybridized carbons (Fsp3) is 0.391. The first kappa shape index (κ1) is 23.7. The van der Waals surface area contributed by atoms with Crippen LogP contribution in [-0.4, -0.2) is 40.6 Å². The van der Waals surface area contributed by atoms with E-state index < -0.39 is 21.4 Å². The quantitative estimate of drug-likeness (QED) is 0.584. The number of aromatic amines is 1. The van der Waals surface area contributed by atoms with Crippen LogP contribution in [-0.2, 0) is 16.4 Å². The topological polar surface area (TPSA) is 88.1 Å². The normalized spacial score (nSPS) is 19.7. The molecule has 3 heterocycles. The third-order valence-corrected chi connectivity index (χ3v) is 8.20. The molecule has 0 aliphatic carbocycles. The number of piperidine rings is 1. The molecular formula is C23H26ClFN4O3S. The zero-order valence-electron chi connectivity index (χ0n) is 18.7. The summed E-state index contributed by atoms with van der Waals surface area (Å²) < 4.78 is 43.1. The Morgan fingerprint density at radius 1 is 1.15 bits per heavy atom. The Labute approximate surface area is 197 Å². The molecule has 7 nitrogen and oxygen atoms in total. The number of sulfonamides is 1. The van der Waals surface area contributed by atoms with Gasteiger partial charge < -0.3 is 0 Å². The lowest BCUT2D eigenvalue weighted by molar-refractivity contribution is 0.222. The van der Waals surface area contributed by atoms with Gasteiger partial charge in [0.1, 0.15) is 10.7 Å². The third-order valence-electron chi connectivity index (χ3n) is 6.03. The fourth-order valence-corrected chi connectivity index (χ4v) is 6.29. The van der Waals surface area contributed by atoms with Gasteiger partial charge in [-0.25, -0.2) is 22.5 Å². The van der Waals surface area contributed by atoms with Crippen molar-refractivity contribution < 1.29 is 12.8 Å². The third kappa shape index (κ3) is 4.62. The van der Waals surface area contributed by atoms with Crippen molar-refractivity contribution in [1.82, 2.24) is 19.1 Å². The van der Waals surface area contributed by atoms with Gasteiger partial charge in [0.15, 0.2) is 5.82 Å². The van der Waals surface area contributed by atoms with Crippen LogP contribution in [0.4, 0.5) is 4.39 Å². The second-order valence-corrected chi connectivity index (χ2v) is 11.2. The molecule has 0 amide bonds. The highest BCUT2D eigenvalue weighted by Crippen LogP contribution is 2.27. The highest BCUT2D eigenvalue weighted by atomic mass is 35.5. The number of nitrogens with one attached hydrogen (secondary N) is 1. The molecule has 1 fully saturated rings. The zero-order chi connectivity index (χ0) is 23.9. The van der Waals surface area contributed by atoms with Crippen LogP contribution in [0.1, 0.15) is 37.1 Å².